The average molecular weight is 258 g/mol. The van der Waals surface area contributed by atoms with Crippen molar-refractivity contribution >= 4 is 17.3 Å². The van der Waals surface area contributed by atoms with Gasteiger partial charge in [-0.15, -0.1) is 0 Å². The molecule has 4 N–H and O–H groups in total. The van der Waals surface area contributed by atoms with Gasteiger partial charge in [0.2, 0.25) is 0 Å². The van der Waals surface area contributed by atoms with Gasteiger partial charge in [-0.2, -0.15) is 0 Å². The number of nitrogens with two attached hydrogens (primary N) is 1. The second-order valence-corrected chi connectivity index (χ2v) is 3.93. The van der Waals surface area contributed by atoms with Gasteiger partial charge in [-0.25, -0.2) is 0 Å². The van der Waals surface area contributed by atoms with Gasteiger partial charge in [0.05, 0.1) is 18.5 Å². The van der Waals surface area contributed by atoms with E-state index in [2.05, 4.69) is 5.32 Å². The lowest BCUT2D eigenvalue weighted by molar-refractivity contribution is 0.102. The summed E-state index contributed by atoms with van der Waals surface area (Å²) >= 11 is 0. The lowest BCUT2D eigenvalue weighted by atomic mass is 10.2. The van der Waals surface area contributed by atoms with Crippen LogP contribution in [0.25, 0.3) is 0 Å². The molecule has 0 aromatic heterocycles. The number of carbonyl (C=O) groups excluding carboxylic acids is 1. The van der Waals surface area contributed by atoms with E-state index in [0.29, 0.717) is 17.0 Å². The SMILES string of the molecule is COc1cc(O)c(NC(=O)c2ccccc2)cc1N. The van der Waals surface area contributed by atoms with Crippen LogP contribution in [0.5, 0.6) is 11.5 Å². The highest BCUT2D eigenvalue weighted by molar-refractivity contribution is 6.05. The van der Waals surface area contributed by atoms with Crippen LogP contribution in [0.2, 0.25) is 0 Å². The molecule has 0 radical (unpaired) electrons. The predicted molar refractivity (Wildman–Crippen MR) is 73.5 cm³/mol. The van der Waals surface area contributed by atoms with Crippen molar-refractivity contribution in [2.24, 2.45) is 0 Å². The summed E-state index contributed by atoms with van der Waals surface area (Å²) in [5.74, 6) is -0.0639. The molecule has 0 atom stereocenters. The van der Waals surface area contributed by atoms with Crippen LogP contribution < -0.4 is 15.8 Å². The zero-order chi connectivity index (χ0) is 13.8. The summed E-state index contributed by atoms with van der Waals surface area (Å²) in [5, 5.41) is 12.4. The molecule has 98 valence electrons. The van der Waals surface area contributed by atoms with E-state index in [-0.39, 0.29) is 17.3 Å². The Balaban J connectivity index is 2.25. The van der Waals surface area contributed by atoms with Crippen LogP contribution in [-0.2, 0) is 0 Å². The van der Waals surface area contributed by atoms with Crippen LogP contribution in [0.15, 0.2) is 42.5 Å². The third kappa shape index (κ3) is 2.77. The molecule has 1 amide bonds. The van der Waals surface area contributed by atoms with Crippen molar-refractivity contribution < 1.29 is 14.6 Å². The number of rotatable bonds is 3. The minimum Gasteiger partial charge on any atom is -0.506 e. The molecular weight excluding hydrogens is 244 g/mol. The molecule has 0 saturated heterocycles. The van der Waals surface area contributed by atoms with Crippen molar-refractivity contribution in [1.29, 1.82) is 0 Å². The van der Waals surface area contributed by atoms with Gasteiger partial charge in [-0.1, -0.05) is 18.2 Å². The number of aromatic hydroxyl groups is 1. The Kier molecular flexibility index (Phi) is 3.56. The van der Waals surface area contributed by atoms with Gasteiger partial charge in [-0.05, 0) is 18.2 Å². The zero-order valence-corrected chi connectivity index (χ0v) is 10.4. The second kappa shape index (κ2) is 5.30. The van der Waals surface area contributed by atoms with Crippen molar-refractivity contribution in [3.05, 3.63) is 48.0 Å². The maximum Gasteiger partial charge on any atom is 0.255 e. The molecule has 0 bridgehead atoms. The Labute approximate surface area is 110 Å². The number of ether oxygens (including phenoxy) is 1. The Hall–Kier alpha value is -2.69. The average Bonchev–Trinajstić information content (AvgIpc) is 2.43. The number of carbonyl (C=O) groups is 1. The molecule has 0 unspecified atom stereocenters. The summed E-state index contributed by atoms with van der Waals surface area (Å²) in [6.07, 6.45) is 0. The fourth-order valence-corrected chi connectivity index (χ4v) is 1.65. The molecule has 0 aliphatic carbocycles. The fourth-order valence-electron chi connectivity index (χ4n) is 1.65. The summed E-state index contributed by atoms with van der Waals surface area (Å²) in [6.45, 7) is 0. The van der Waals surface area contributed by atoms with E-state index in [1.807, 2.05) is 6.07 Å². The first-order valence-electron chi connectivity index (χ1n) is 5.64. The second-order valence-electron chi connectivity index (χ2n) is 3.93. The molecule has 2 aromatic carbocycles. The number of hydrogen-bond acceptors (Lipinski definition) is 4. The van der Waals surface area contributed by atoms with Crippen LogP contribution in [-0.4, -0.2) is 18.1 Å². The number of methoxy groups -OCH3 is 1. The van der Waals surface area contributed by atoms with Crippen LogP contribution >= 0.6 is 0 Å². The molecule has 5 nitrogen and oxygen atoms in total. The molecule has 5 heteroatoms. The zero-order valence-electron chi connectivity index (χ0n) is 10.4. The summed E-state index contributed by atoms with van der Waals surface area (Å²) in [4.78, 5) is 11.9. The highest BCUT2D eigenvalue weighted by Crippen LogP contribution is 2.33. The minimum atomic E-state index is -0.319. The van der Waals surface area contributed by atoms with Gasteiger partial charge in [0, 0.05) is 11.6 Å². The minimum absolute atomic E-state index is 0.102. The first kappa shape index (κ1) is 12.8. The quantitative estimate of drug-likeness (QED) is 0.448. The van der Waals surface area contributed by atoms with Gasteiger partial charge in [-0.3, -0.25) is 4.79 Å². The maximum absolute atomic E-state index is 11.9. The molecule has 0 aliphatic heterocycles. The molecule has 2 rings (SSSR count). The van der Waals surface area contributed by atoms with Crippen molar-refractivity contribution in [2.45, 2.75) is 0 Å². The van der Waals surface area contributed by atoms with E-state index in [0.717, 1.165) is 0 Å². The number of nitrogen functional groups attached to an aromatic ring is 1. The monoisotopic (exact) mass is 258 g/mol. The summed E-state index contributed by atoms with van der Waals surface area (Å²) in [7, 11) is 1.45. The van der Waals surface area contributed by atoms with E-state index < -0.39 is 0 Å². The Morgan fingerprint density at radius 1 is 1.26 bits per heavy atom. The highest BCUT2D eigenvalue weighted by atomic mass is 16.5. The van der Waals surface area contributed by atoms with Gasteiger partial charge in [0.25, 0.3) is 5.91 Å². The molecular formula is C14H14N2O3. The first-order valence-corrected chi connectivity index (χ1v) is 5.64. The Morgan fingerprint density at radius 3 is 2.58 bits per heavy atom. The Morgan fingerprint density at radius 2 is 1.95 bits per heavy atom. The van der Waals surface area contributed by atoms with E-state index >= 15 is 0 Å². The standard InChI is InChI=1S/C14H14N2O3/c1-19-13-8-12(17)11(7-10(13)15)16-14(18)9-5-3-2-4-6-9/h2-8,17H,15H2,1H3,(H,16,18). The van der Waals surface area contributed by atoms with Gasteiger partial charge >= 0.3 is 0 Å². The van der Waals surface area contributed by atoms with Gasteiger partial charge in [0.15, 0.2) is 0 Å². The number of phenolic OH excluding ortho intramolecular Hbond substituents is 1. The lowest BCUT2D eigenvalue weighted by Crippen LogP contribution is -2.12. The Bertz CT molecular complexity index is 597. The van der Waals surface area contributed by atoms with E-state index in [1.165, 1.54) is 19.2 Å². The van der Waals surface area contributed by atoms with Crippen LogP contribution in [0.1, 0.15) is 10.4 Å². The number of phenols is 1. The number of nitrogens with one attached hydrogen (secondary N) is 1. The molecule has 2 aromatic rings. The normalized spacial score (nSPS) is 9.95. The lowest BCUT2D eigenvalue weighted by Gasteiger charge is -2.11. The molecule has 0 spiro atoms. The number of anilines is 2. The van der Waals surface area contributed by atoms with Crippen molar-refractivity contribution in [2.75, 3.05) is 18.2 Å². The highest BCUT2D eigenvalue weighted by Gasteiger charge is 2.11. The maximum atomic E-state index is 11.9. The largest absolute Gasteiger partial charge is 0.506 e. The molecule has 19 heavy (non-hydrogen) atoms. The molecule has 0 saturated carbocycles. The number of benzene rings is 2. The first-order chi connectivity index (χ1) is 9.11. The fraction of sp³-hybridized carbons (Fsp3) is 0.0714. The van der Waals surface area contributed by atoms with E-state index in [9.17, 15) is 9.90 Å². The van der Waals surface area contributed by atoms with Crippen LogP contribution in [0, 0.1) is 0 Å². The van der Waals surface area contributed by atoms with Crippen LogP contribution in [0.3, 0.4) is 0 Å². The van der Waals surface area contributed by atoms with E-state index in [4.69, 9.17) is 10.5 Å². The van der Waals surface area contributed by atoms with Crippen LogP contribution in [0.4, 0.5) is 11.4 Å². The molecule has 0 aliphatic rings. The number of hydrogen-bond donors (Lipinski definition) is 3. The van der Waals surface area contributed by atoms with Crippen molar-refractivity contribution in [3.63, 3.8) is 0 Å². The van der Waals surface area contributed by atoms with Gasteiger partial charge < -0.3 is 20.9 Å². The predicted octanol–water partition coefficient (Wildman–Crippen LogP) is 2.24. The smallest absolute Gasteiger partial charge is 0.255 e. The summed E-state index contributed by atoms with van der Waals surface area (Å²) in [6, 6.07) is 11.5. The topological polar surface area (TPSA) is 84.6 Å². The third-order valence-electron chi connectivity index (χ3n) is 2.63. The molecule has 0 heterocycles. The van der Waals surface area contributed by atoms with Crippen molar-refractivity contribution in [1.82, 2.24) is 0 Å². The summed E-state index contributed by atoms with van der Waals surface area (Å²) < 4.78 is 4.97. The van der Waals surface area contributed by atoms with Gasteiger partial charge in [0.1, 0.15) is 11.5 Å². The number of amides is 1. The van der Waals surface area contributed by atoms with E-state index in [1.54, 1.807) is 24.3 Å². The molecule has 0 fully saturated rings. The third-order valence-corrected chi connectivity index (χ3v) is 2.63. The summed E-state index contributed by atoms with van der Waals surface area (Å²) in [5.41, 5.74) is 6.80. The van der Waals surface area contributed by atoms with Crippen molar-refractivity contribution in [3.8, 4) is 11.5 Å².